The second kappa shape index (κ2) is 8.80. The van der Waals surface area contributed by atoms with E-state index >= 15 is 0 Å². The fraction of sp³-hybridized carbons (Fsp3) is 0.357. The van der Waals surface area contributed by atoms with Crippen molar-refractivity contribution in [2.45, 2.75) is 37.3 Å². The number of nitrogens with zero attached hydrogens (tertiary/aromatic N) is 5. The van der Waals surface area contributed by atoms with Crippen molar-refractivity contribution in [3.05, 3.63) is 71.7 Å². The van der Waals surface area contributed by atoms with Crippen LogP contribution in [0.4, 0.5) is 11.6 Å². The Hall–Kier alpha value is -3.62. The minimum Gasteiger partial charge on any atom is -0.386 e. The molecule has 1 aromatic carbocycles. The lowest BCUT2D eigenvalue weighted by atomic mass is 10.1. The predicted octanol–water partition coefficient (Wildman–Crippen LogP) is 3.44. The van der Waals surface area contributed by atoms with Crippen molar-refractivity contribution >= 4 is 22.5 Å². The molecule has 1 aliphatic heterocycles. The van der Waals surface area contributed by atoms with Gasteiger partial charge in [0.15, 0.2) is 5.82 Å². The highest BCUT2D eigenvalue weighted by Gasteiger charge is 2.31. The zero-order valence-corrected chi connectivity index (χ0v) is 20.1. The molecule has 7 rings (SSSR count). The highest BCUT2D eigenvalue weighted by Crippen LogP contribution is 2.45. The third kappa shape index (κ3) is 3.86. The largest absolute Gasteiger partial charge is 0.386 e. The lowest BCUT2D eigenvalue weighted by molar-refractivity contribution is 0.167. The molecule has 1 saturated carbocycles. The Morgan fingerprint density at radius 1 is 1.00 bits per heavy atom. The molecule has 3 N–H and O–H groups in total. The molecule has 2 aliphatic carbocycles. The van der Waals surface area contributed by atoms with Gasteiger partial charge < -0.3 is 20.6 Å². The first-order chi connectivity index (χ1) is 17.7. The highest BCUT2D eigenvalue weighted by molar-refractivity contribution is 5.94. The van der Waals surface area contributed by atoms with Gasteiger partial charge in [-0.25, -0.2) is 15.0 Å². The fourth-order valence-corrected chi connectivity index (χ4v) is 5.57. The van der Waals surface area contributed by atoms with Crippen LogP contribution in [0.15, 0.2) is 55.0 Å². The molecule has 8 heteroatoms. The van der Waals surface area contributed by atoms with Crippen LogP contribution in [0.3, 0.4) is 0 Å². The number of hydrogen-bond donors (Lipinski definition) is 3. The number of aliphatic hydroxyl groups excluding tert-OH is 1. The van der Waals surface area contributed by atoms with Gasteiger partial charge in [0.1, 0.15) is 11.6 Å². The number of aromatic nitrogens is 4. The minimum absolute atomic E-state index is 0.121. The average Bonchev–Trinajstić information content (AvgIpc) is 3.73. The van der Waals surface area contributed by atoms with Crippen molar-refractivity contribution in [2.75, 3.05) is 36.4 Å². The molecule has 4 aromatic rings. The maximum atomic E-state index is 10.8. The van der Waals surface area contributed by atoms with Crippen molar-refractivity contribution in [3.63, 3.8) is 0 Å². The number of benzene rings is 1. The topological polar surface area (TPSA) is 99.1 Å². The van der Waals surface area contributed by atoms with Crippen molar-refractivity contribution in [1.29, 1.82) is 0 Å². The number of anilines is 2. The van der Waals surface area contributed by atoms with Crippen LogP contribution in [-0.4, -0.2) is 57.3 Å². The highest BCUT2D eigenvalue weighted by atomic mass is 16.3. The fourth-order valence-electron chi connectivity index (χ4n) is 5.57. The van der Waals surface area contributed by atoms with Crippen LogP contribution < -0.4 is 15.5 Å². The number of piperazine rings is 1. The van der Waals surface area contributed by atoms with Crippen molar-refractivity contribution in [2.24, 2.45) is 0 Å². The maximum Gasteiger partial charge on any atom is 0.162 e. The van der Waals surface area contributed by atoms with E-state index in [0.717, 1.165) is 60.4 Å². The van der Waals surface area contributed by atoms with E-state index in [1.54, 1.807) is 6.20 Å². The number of rotatable bonds is 5. The number of aliphatic hydroxyl groups is 1. The number of pyridine rings is 2. The Morgan fingerprint density at radius 3 is 2.69 bits per heavy atom. The quantitative estimate of drug-likeness (QED) is 0.400. The summed E-state index contributed by atoms with van der Waals surface area (Å²) in [5, 5.41) is 18.9. The Labute approximate surface area is 209 Å². The SMILES string of the molecule is OC1c2ccccc2CC1Nc1cc(-c2nc(N3CCNCC3)c3c(C4CC4)cncc3n2)ccn1. The molecule has 3 aliphatic rings. The molecule has 4 heterocycles. The van der Waals surface area contributed by atoms with Gasteiger partial charge in [-0.05, 0) is 54.0 Å². The lowest BCUT2D eigenvalue weighted by Gasteiger charge is -2.30. The summed E-state index contributed by atoms with van der Waals surface area (Å²) in [5.41, 5.74) is 5.23. The Kier molecular flexibility index (Phi) is 5.29. The molecule has 0 amide bonds. The standard InChI is InChI=1S/C28H29N7O/c36-26-20-4-2-1-3-18(20)13-22(26)32-24-14-19(7-8-31-24)27-33-23-16-30-15-21(17-5-6-17)25(23)28(34-27)35-11-9-29-10-12-35/h1-4,7-8,14-17,22,26,29,36H,5-6,9-13H2,(H,31,32). The monoisotopic (exact) mass is 479 g/mol. The van der Waals surface area contributed by atoms with E-state index in [0.29, 0.717) is 17.6 Å². The van der Waals surface area contributed by atoms with E-state index in [4.69, 9.17) is 9.97 Å². The molecule has 8 nitrogen and oxygen atoms in total. The molecule has 0 bridgehead atoms. The van der Waals surface area contributed by atoms with Crippen LogP contribution >= 0.6 is 0 Å². The summed E-state index contributed by atoms with van der Waals surface area (Å²) in [4.78, 5) is 21.6. The predicted molar refractivity (Wildman–Crippen MR) is 140 cm³/mol. The van der Waals surface area contributed by atoms with Gasteiger partial charge in [-0.15, -0.1) is 0 Å². The molecule has 2 atom stereocenters. The van der Waals surface area contributed by atoms with Crippen LogP contribution in [-0.2, 0) is 6.42 Å². The third-order valence-electron chi connectivity index (χ3n) is 7.60. The molecule has 1 saturated heterocycles. The van der Waals surface area contributed by atoms with Gasteiger partial charge in [0.25, 0.3) is 0 Å². The van der Waals surface area contributed by atoms with Gasteiger partial charge in [0.05, 0.1) is 23.9 Å². The summed E-state index contributed by atoms with van der Waals surface area (Å²) >= 11 is 0. The molecular formula is C28H29N7O. The molecule has 0 radical (unpaired) electrons. The maximum absolute atomic E-state index is 10.8. The number of nitrogens with one attached hydrogen (secondary N) is 2. The molecule has 2 unspecified atom stereocenters. The van der Waals surface area contributed by atoms with Gasteiger partial charge in [-0.2, -0.15) is 0 Å². The Morgan fingerprint density at radius 2 is 1.86 bits per heavy atom. The summed E-state index contributed by atoms with van der Waals surface area (Å²) in [5.74, 6) is 2.96. The van der Waals surface area contributed by atoms with Gasteiger partial charge in [-0.3, -0.25) is 4.98 Å². The first-order valence-corrected chi connectivity index (χ1v) is 12.8. The molecule has 2 fully saturated rings. The van der Waals surface area contributed by atoms with E-state index in [1.165, 1.54) is 24.0 Å². The van der Waals surface area contributed by atoms with Crippen LogP contribution in [0.25, 0.3) is 22.3 Å². The minimum atomic E-state index is -0.560. The molecule has 0 spiro atoms. The summed E-state index contributed by atoms with van der Waals surface area (Å²) < 4.78 is 0. The second-order valence-electron chi connectivity index (χ2n) is 10.0. The molecule has 182 valence electrons. The zero-order valence-electron chi connectivity index (χ0n) is 20.1. The zero-order chi connectivity index (χ0) is 24.1. The van der Waals surface area contributed by atoms with Crippen molar-refractivity contribution in [1.82, 2.24) is 25.3 Å². The van der Waals surface area contributed by atoms with Crippen molar-refractivity contribution < 1.29 is 5.11 Å². The third-order valence-corrected chi connectivity index (χ3v) is 7.60. The summed E-state index contributed by atoms with van der Waals surface area (Å²) in [7, 11) is 0. The van der Waals surface area contributed by atoms with E-state index in [2.05, 4.69) is 31.6 Å². The van der Waals surface area contributed by atoms with Crippen molar-refractivity contribution in [3.8, 4) is 11.4 Å². The lowest BCUT2D eigenvalue weighted by Crippen LogP contribution is -2.44. The number of fused-ring (bicyclic) bond motifs is 2. The first-order valence-electron chi connectivity index (χ1n) is 12.8. The van der Waals surface area contributed by atoms with Gasteiger partial charge in [-0.1, -0.05) is 24.3 Å². The molecular weight excluding hydrogens is 450 g/mol. The smallest absolute Gasteiger partial charge is 0.162 e. The van der Waals surface area contributed by atoms with Gasteiger partial charge in [0.2, 0.25) is 0 Å². The molecule has 36 heavy (non-hydrogen) atoms. The Bertz CT molecular complexity index is 1430. The van der Waals surface area contributed by atoms with Crippen LogP contribution in [0.2, 0.25) is 0 Å². The first kappa shape index (κ1) is 21.6. The van der Waals surface area contributed by atoms with E-state index in [1.807, 2.05) is 42.7 Å². The second-order valence-corrected chi connectivity index (χ2v) is 10.0. The van der Waals surface area contributed by atoms with Crippen LogP contribution in [0.1, 0.15) is 41.6 Å². The Balaban J connectivity index is 1.25. The van der Waals surface area contributed by atoms with Crippen LogP contribution in [0, 0.1) is 0 Å². The number of hydrogen-bond acceptors (Lipinski definition) is 8. The molecule has 3 aromatic heterocycles. The normalized spacial score (nSPS) is 21.5. The van der Waals surface area contributed by atoms with E-state index < -0.39 is 6.10 Å². The van der Waals surface area contributed by atoms with E-state index in [9.17, 15) is 5.11 Å². The summed E-state index contributed by atoms with van der Waals surface area (Å²) in [6.07, 6.45) is 8.27. The average molecular weight is 480 g/mol. The van der Waals surface area contributed by atoms with Gasteiger partial charge in [0, 0.05) is 49.5 Å². The summed E-state index contributed by atoms with van der Waals surface area (Å²) in [6, 6.07) is 11.9. The van der Waals surface area contributed by atoms with E-state index in [-0.39, 0.29) is 6.04 Å². The van der Waals surface area contributed by atoms with Crippen LogP contribution in [0.5, 0.6) is 0 Å². The van der Waals surface area contributed by atoms with Gasteiger partial charge >= 0.3 is 0 Å². The summed E-state index contributed by atoms with van der Waals surface area (Å²) in [6.45, 7) is 3.72.